The summed E-state index contributed by atoms with van der Waals surface area (Å²) in [5, 5.41) is 30.8. The lowest BCUT2D eigenvalue weighted by molar-refractivity contribution is -0.297. The largest absolute Gasteiger partial charge is 0.462 e. The number of carbonyl (C=O) groups is 2. The average molecular weight is 787 g/mol. The summed E-state index contributed by atoms with van der Waals surface area (Å²) in [4.78, 5) is 25.2. The van der Waals surface area contributed by atoms with E-state index in [-0.39, 0.29) is 19.4 Å². The van der Waals surface area contributed by atoms with Gasteiger partial charge in [0.15, 0.2) is 12.4 Å². The number of allylic oxidation sites excluding steroid dienone is 8. The Morgan fingerprint density at radius 2 is 1.13 bits per heavy atom. The first-order valence-corrected chi connectivity index (χ1v) is 21.8. The van der Waals surface area contributed by atoms with Crippen molar-refractivity contribution in [1.29, 1.82) is 0 Å². The first-order chi connectivity index (χ1) is 26.0. The second-order valence-electron chi connectivity index (χ2n) is 13.9. The maximum Gasteiger partial charge on any atom is 0.306 e. The Bertz CT molecular complexity index is 1200. The number of ether oxygens (including phenoxy) is 4. The number of hydrogen-bond donors (Lipinski definition) is 4. The van der Waals surface area contributed by atoms with Crippen LogP contribution >= 0.6 is 0 Å². The summed E-state index contributed by atoms with van der Waals surface area (Å²) in [7, 11) is -4.60. The maximum absolute atomic E-state index is 12.7. The molecule has 0 amide bonds. The summed E-state index contributed by atoms with van der Waals surface area (Å²) in [6, 6.07) is 0. The third-order valence-electron chi connectivity index (χ3n) is 8.88. The number of aliphatic hydroxyl groups is 3. The highest BCUT2D eigenvalue weighted by molar-refractivity contribution is 7.85. The van der Waals surface area contributed by atoms with Gasteiger partial charge in [0.05, 0.1) is 6.61 Å². The van der Waals surface area contributed by atoms with Crippen LogP contribution in [0.5, 0.6) is 0 Å². The fourth-order valence-electron chi connectivity index (χ4n) is 5.66. The van der Waals surface area contributed by atoms with Crippen molar-refractivity contribution in [2.24, 2.45) is 0 Å². The van der Waals surface area contributed by atoms with Crippen molar-refractivity contribution in [2.45, 2.75) is 179 Å². The number of aliphatic hydroxyl groups excluding tert-OH is 3. The van der Waals surface area contributed by atoms with Crippen LogP contribution in [0.1, 0.15) is 142 Å². The van der Waals surface area contributed by atoms with E-state index in [0.29, 0.717) is 12.8 Å². The molecular weight excluding hydrogens is 717 g/mol. The van der Waals surface area contributed by atoms with E-state index in [0.717, 1.165) is 70.6 Å². The van der Waals surface area contributed by atoms with Gasteiger partial charge in [0, 0.05) is 12.8 Å². The Morgan fingerprint density at radius 1 is 0.630 bits per heavy atom. The highest BCUT2D eigenvalue weighted by Crippen LogP contribution is 2.24. The van der Waals surface area contributed by atoms with Crippen molar-refractivity contribution < 1.29 is 56.8 Å². The van der Waals surface area contributed by atoms with E-state index in [1.165, 1.54) is 32.1 Å². The van der Waals surface area contributed by atoms with Crippen LogP contribution in [0.15, 0.2) is 48.6 Å². The van der Waals surface area contributed by atoms with Crippen LogP contribution in [0.25, 0.3) is 0 Å². The van der Waals surface area contributed by atoms with E-state index in [2.05, 4.69) is 62.5 Å². The summed E-state index contributed by atoms with van der Waals surface area (Å²) in [6.45, 7) is 3.62. The fraction of sp³-hybridized carbons (Fsp3) is 0.756. The first-order valence-electron chi connectivity index (χ1n) is 20.2. The van der Waals surface area contributed by atoms with Crippen LogP contribution in [0, 0.1) is 0 Å². The molecule has 1 heterocycles. The molecule has 1 saturated heterocycles. The molecule has 2 unspecified atom stereocenters. The van der Waals surface area contributed by atoms with Crippen LogP contribution in [0.2, 0.25) is 0 Å². The lowest BCUT2D eigenvalue weighted by Crippen LogP contribution is -2.60. The molecule has 0 bridgehead atoms. The molecular formula is C41H70O12S. The van der Waals surface area contributed by atoms with E-state index in [9.17, 15) is 37.9 Å². The standard InChI is InChI=1S/C41H70O12S/c1-3-5-7-9-11-13-15-16-17-18-20-21-23-25-27-29-36(42)50-31-34(52-37(43)30-28-26-24-22-19-14-12-10-8-6-4-2)32-51-41-40(46)39(45)38(44)35(53-41)33-54(47,48)49/h10-13,16-17,20-21,34-35,38-41,44-46H,3-9,14-15,18-19,22-33H2,1-2H3,(H,47,48,49)/b12-10+,13-11+,17-16+,21-20+/t34-,35-,38-,39?,40?,41+/m1/s1. The topological polar surface area (TPSA) is 186 Å². The summed E-state index contributed by atoms with van der Waals surface area (Å²) >= 11 is 0. The second kappa shape index (κ2) is 31.8. The number of esters is 2. The Hall–Kier alpha value is -2.39. The summed E-state index contributed by atoms with van der Waals surface area (Å²) in [5.74, 6) is -2.05. The average Bonchev–Trinajstić information content (AvgIpc) is 3.13. The van der Waals surface area contributed by atoms with E-state index in [1.807, 2.05) is 0 Å². The van der Waals surface area contributed by atoms with Gasteiger partial charge in [0.2, 0.25) is 0 Å². The predicted molar refractivity (Wildman–Crippen MR) is 210 cm³/mol. The third kappa shape index (κ3) is 26.4. The minimum Gasteiger partial charge on any atom is -0.462 e. The quantitative estimate of drug-likeness (QED) is 0.0233. The van der Waals surface area contributed by atoms with Gasteiger partial charge in [-0.05, 0) is 70.6 Å². The number of unbranched alkanes of at least 4 members (excludes halogenated alkanes) is 12. The summed E-state index contributed by atoms with van der Waals surface area (Å²) < 4.78 is 53.8. The highest BCUT2D eigenvalue weighted by Gasteiger charge is 2.46. The maximum atomic E-state index is 12.7. The van der Waals surface area contributed by atoms with Crippen molar-refractivity contribution in [2.75, 3.05) is 19.0 Å². The molecule has 6 atom stereocenters. The van der Waals surface area contributed by atoms with Gasteiger partial charge in [-0.1, -0.05) is 107 Å². The molecule has 0 spiro atoms. The molecule has 312 valence electrons. The molecule has 12 nitrogen and oxygen atoms in total. The van der Waals surface area contributed by atoms with Gasteiger partial charge in [0.1, 0.15) is 36.8 Å². The second-order valence-corrected chi connectivity index (χ2v) is 15.4. The molecule has 0 radical (unpaired) electrons. The van der Waals surface area contributed by atoms with Crippen LogP contribution in [0.3, 0.4) is 0 Å². The van der Waals surface area contributed by atoms with E-state index >= 15 is 0 Å². The molecule has 54 heavy (non-hydrogen) atoms. The lowest BCUT2D eigenvalue weighted by atomic mass is 10.00. The van der Waals surface area contributed by atoms with Crippen LogP contribution in [0.4, 0.5) is 0 Å². The van der Waals surface area contributed by atoms with Crippen molar-refractivity contribution >= 4 is 22.1 Å². The molecule has 0 aromatic heterocycles. The zero-order valence-corrected chi connectivity index (χ0v) is 33.6. The monoisotopic (exact) mass is 786 g/mol. The molecule has 0 aliphatic carbocycles. The molecule has 1 rings (SSSR count). The highest BCUT2D eigenvalue weighted by atomic mass is 32.2. The van der Waals surface area contributed by atoms with Gasteiger partial charge in [-0.25, -0.2) is 0 Å². The van der Waals surface area contributed by atoms with Crippen LogP contribution in [-0.4, -0.2) is 96.0 Å². The van der Waals surface area contributed by atoms with E-state index < -0.39 is 71.2 Å². The summed E-state index contributed by atoms with van der Waals surface area (Å²) in [5.41, 5.74) is 0. The number of carbonyl (C=O) groups excluding carboxylic acids is 2. The molecule has 0 aromatic carbocycles. The minimum atomic E-state index is -4.60. The van der Waals surface area contributed by atoms with Gasteiger partial charge in [0.25, 0.3) is 10.1 Å². The smallest absolute Gasteiger partial charge is 0.306 e. The van der Waals surface area contributed by atoms with Crippen molar-refractivity contribution in [3.8, 4) is 0 Å². The normalized spacial score (nSPS) is 21.5. The van der Waals surface area contributed by atoms with Gasteiger partial charge in [-0.3, -0.25) is 14.1 Å². The molecule has 0 aromatic rings. The Balaban J connectivity index is 2.54. The van der Waals surface area contributed by atoms with E-state index in [1.54, 1.807) is 0 Å². The van der Waals surface area contributed by atoms with Crippen molar-refractivity contribution in [1.82, 2.24) is 0 Å². The Labute approximate surface area is 324 Å². The molecule has 0 saturated carbocycles. The fourth-order valence-corrected chi connectivity index (χ4v) is 6.35. The molecule has 1 aliphatic rings. The van der Waals surface area contributed by atoms with Gasteiger partial charge in [-0.15, -0.1) is 0 Å². The molecule has 1 aliphatic heterocycles. The van der Waals surface area contributed by atoms with Crippen molar-refractivity contribution in [3.05, 3.63) is 48.6 Å². The molecule has 13 heteroatoms. The van der Waals surface area contributed by atoms with Crippen LogP contribution in [-0.2, 0) is 38.7 Å². The third-order valence-corrected chi connectivity index (χ3v) is 9.63. The first kappa shape index (κ1) is 49.6. The molecule has 1 fully saturated rings. The SMILES string of the molecule is CCCC/C=C/CCCCCCCC(=O)O[C@H](COC(=O)CCCC/C=C/C/C=C/C/C=C/CCCCC)CO[C@H]1O[C@H](CS(=O)(=O)O)[C@@H](O)C(O)C1O. The lowest BCUT2D eigenvalue weighted by Gasteiger charge is -2.40. The Morgan fingerprint density at radius 3 is 1.76 bits per heavy atom. The molecule has 4 N–H and O–H groups in total. The number of hydrogen-bond acceptors (Lipinski definition) is 11. The van der Waals surface area contributed by atoms with Gasteiger partial charge < -0.3 is 34.3 Å². The zero-order valence-electron chi connectivity index (χ0n) is 32.8. The van der Waals surface area contributed by atoms with Crippen LogP contribution < -0.4 is 0 Å². The number of rotatable bonds is 32. The van der Waals surface area contributed by atoms with E-state index in [4.69, 9.17) is 18.9 Å². The zero-order chi connectivity index (χ0) is 39.9. The van der Waals surface area contributed by atoms with Gasteiger partial charge >= 0.3 is 11.9 Å². The Kier molecular flexibility index (Phi) is 29.2. The predicted octanol–water partition coefficient (Wildman–Crippen LogP) is 7.22. The summed E-state index contributed by atoms with van der Waals surface area (Å²) in [6.07, 6.45) is 26.0. The van der Waals surface area contributed by atoms with Gasteiger partial charge in [-0.2, -0.15) is 8.42 Å². The van der Waals surface area contributed by atoms with Crippen molar-refractivity contribution in [3.63, 3.8) is 0 Å². The minimum absolute atomic E-state index is 0.144.